The second-order valence-electron chi connectivity index (χ2n) is 4.82. The third-order valence-corrected chi connectivity index (χ3v) is 3.38. The van der Waals surface area contributed by atoms with Gasteiger partial charge in [0, 0.05) is 25.4 Å². The fourth-order valence-electron chi connectivity index (χ4n) is 2.18. The molecule has 0 aliphatic rings. The van der Waals surface area contributed by atoms with Gasteiger partial charge in [0.05, 0.1) is 0 Å². The molecule has 0 aliphatic heterocycles. The van der Waals surface area contributed by atoms with Crippen LogP contribution in [0.25, 0.3) is 0 Å². The monoisotopic (exact) mass is 285 g/mol. The molecule has 0 saturated carbocycles. The zero-order valence-corrected chi connectivity index (χ0v) is 12.3. The van der Waals surface area contributed by atoms with Crippen molar-refractivity contribution in [3.8, 4) is 0 Å². The van der Waals surface area contributed by atoms with Gasteiger partial charge in [-0.3, -0.25) is 9.59 Å². The Hall–Kier alpha value is -2.43. The second-order valence-corrected chi connectivity index (χ2v) is 4.82. The van der Waals surface area contributed by atoms with E-state index < -0.39 is 6.04 Å². The molecule has 2 aromatic rings. The van der Waals surface area contributed by atoms with Gasteiger partial charge < -0.3 is 4.90 Å². The van der Waals surface area contributed by atoms with Crippen LogP contribution < -0.4 is 5.56 Å². The van der Waals surface area contributed by atoms with Gasteiger partial charge in [-0.15, -0.1) is 0 Å². The molecule has 0 aliphatic carbocycles. The Morgan fingerprint density at radius 2 is 1.95 bits per heavy atom. The molecule has 1 heterocycles. The lowest BCUT2D eigenvalue weighted by molar-refractivity contribution is -0.135. The van der Waals surface area contributed by atoms with E-state index in [-0.39, 0.29) is 11.5 Å². The second kappa shape index (κ2) is 6.83. The Kier molecular flexibility index (Phi) is 4.87. The zero-order valence-electron chi connectivity index (χ0n) is 12.3. The van der Waals surface area contributed by atoms with E-state index in [9.17, 15) is 9.59 Å². The molecule has 0 bridgehead atoms. The van der Waals surface area contributed by atoms with Gasteiger partial charge in [0.2, 0.25) is 5.91 Å². The summed E-state index contributed by atoms with van der Waals surface area (Å²) < 4.78 is 1.22. The highest BCUT2D eigenvalue weighted by Crippen LogP contribution is 2.10. The first-order valence-electron chi connectivity index (χ1n) is 7.00. The highest BCUT2D eigenvalue weighted by atomic mass is 16.2. The fraction of sp³-hybridized carbons (Fsp3) is 0.312. The van der Waals surface area contributed by atoms with E-state index in [0.717, 1.165) is 5.56 Å². The minimum atomic E-state index is -0.609. The van der Waals surface area contributed by atoms with Gasteiger partial charge in [0.25, 0.3) is 5.56 Å². The molecule has 0 radical (unpaired) electrons. The van der Waals surface area contributed by atoms with E-state index >= 15 is 0 Å². The van der Waals surface area contributed by atoms with Gasteiger partial charge in [-0.1, -0.05) is 30.3 Å². The van der Waals surface area contributed by atoms with Crippen LogP contribution >= 0.6 is 0 Å². The Labute approximate surface area is 123 Å². The standard InChI is InChI=1S/C16H19N3O2/c1-3-18(12-14-8-5-4-6-9-14)16(21)13(2)19-15(20)10-7-11-17-19/h4-11,13H,3,12H2,1-2H3/t13-/m1/s1. The summed E-state index contributed by atoms with van der Waals surface area (Å²) >= 11 is 0. The quantitative estimate of drug-likeness (QED) is 0.842. The van der Waals surface area contributed by atoms with E-state index in [1.165, 1.54) is 16.9 Å². The average molecular weight is 285 g/mol. The van der Waals surface area contributed by atoms with Gasteiger partial charge in [0.1, 0.15) is 6.04 Å². The first kappa shape index (κ1) is 15.0. The van der Waals surface area contributed by atoms with Crippen molar-refractivity contribution in [1.82, 2.24) is 14.7 Å². The van der Waals surface area contributed by atoms with Gasteiger partial charge in [-0.05, 0) is 25.5 Å². The van der Waals surface area contributed by atoms with Crippen molar-refractivity contribution in [1.29, 1.82) is 0 Å². The Morgan fingerprint density at radius 3 is 2.57 bits per heavy atom. The molecule has 1 atom stereocenters. The number of amides is 1. The summed E-state index contributed by atoms with van der Waals surface area (Å²) in [5.74, 6) is -0.109. The number of hydrogen-bond acceptors (Lipinski definition) is 3. The van der Waals surface area contributed by atoms with Gasteiger partial charge in [-0.2, -0.15) is 5.10 Å². The molecule has 21 heavy (non-hydrogen) atoms. The number of benzene rings is 1. The number of aromatic nitrogens is 2. The first-order chi connectivity index (χ1) is 10.1. The van der Waals surface area contributed by atoms with Gasteiger partial charge >= 0.3 is 0 Å². The molecular formula is C16H19N3O2. The maximum absolute atomic E-state index is 12.6. The maximum Gasteiger partial charge on any atom is 0.267 e. The molecule has 0 N–H and O–H groups in total. The van der Waals surface area contributed by atoms with Crippen LogP contribution in [0.4, 0.5) is 0 Å². The molecule has 110 valence electrons. The Balaban J connectivity index is 2.17. The van der Waals surface area contributed by atoms with E-state index in [1.807, 2.05) is 37.3 Å². The van der Waals surface area contributed by atoms with Crippen LogP contribution in [0.1, 0.15) is 25.5 Å². The van der Waals surface area contributed by atoms with Crippen molar-refractivity contribution in [2.75, 3.05) is 6.54 Å². The minimum absolute atomic E-state index is 0.109. The average Bonchev–Trinajstić information content (AvgIpc) is 2.53. The van der Waals surface area contributed by atoms with Gasteiger partial charge in [-0.25, -0.2) is 4.68 Å². The number of nitrogens with zero attached hydrogens (tertiary/aromatic N) is 3. The summed E-state index contributed by atoms with van der Waals surface area (Å²) in [6, 6.07) is 12.2. The van der Waals surface area contributed by atoms with Crippen molar-refractivity contribution in [2.45, 2.75) is 26.4 Å². The number of likely N-dealkylation sites (N-methyl/N-ethyl adjacent to an activating group) is 1. The lowest BCUT2D eigenvalue weighted by Gasteiger charge is -2.24. The number of rotatable bonds is 5. The zero-order chi connectivity index (χ0) is 15.2. The van der Waals surface area contributed by atoms with Crippen molar-refractivity contribution < 1.29 is 4.79 Å². The van der Waals surface area contributed by atoms with Crippen LogP contribution in [-0.2, 0) is 11.3 Å². The normalized spacial score (nSPS) is 11.9. The van der Waals surface area contributed by atoms with E-state index in [4.69, 9.17) is 0 Å². The predicted molar refractivity (Wildman–Crippen MR) is 80.7 cm³/mol. The van der Waals surface area contributed by atoms with Crippen LogP contribution in [0, 0.1) is 0 Å². The van der Waals surface area contributed by atoms with Crippen molar-refractivity contribution in [3.63, 3.8) is 0 Å². The van der Waals surface area contributed by atoms with E-state index in [2.05, 4.69) is 5.10 Å². The lowest BCUT2D eigenvalue weighted by Crippen LogP contribution is -2.39. The SMILES string of the molecule is CCN(Cc1ccccc1)C(=O)[C@@H](C)n1ncccc1=O. The molecule has 0 unspecified atom stereocenters. The van der Waals surface area contributed by atoms with Crippen molar-refractivity contribution in [3.05, 3.63) is 64.6 Å². The highest BCUT2D eigenvalue weighted by molar-refractivity contribution is 5.79. The number of carbonyl (C=O) groups excluding carboxylic acids is 1. The van der Waals surface area contributed by atoms with Gasteiger partial charge in [0.15, 0.2) is 0 Å². The summed E-state index contributed by atoms with van der Waals surface area (Å²) in [6.07, 6.45) is 1.51. The Morgan fingerprint density at radius 1 is 1.24 bits per heavy atom. The van der Waals surface area contributed by atoms with E-state index in [0.29, 0.717) is 13.1 Å². The molecule has 1 aromatic heterocycles. The molecule has 5 nitrogen and oxygen atoms in total. The molecule has 0 spiro atoms. The molecule has 2 rings (SSSR count). The van der Waals surface area contributed by atoms with E-state index in [1.54, 1.807) is 17.9 Å². The lowest BCUT2D eigenvalue weighted by atomic mass is 10.2. The summed E-state index contributed by atoms with van der Waals surface area (Å²) in [5, 5.41) is 3.98. The predicted octanol–water partition coefficient (Wildman–Crippen LogP) is 1.85. The molecule has 1 aromatic carbocycles. The molecular weight excluding hydrogens is 266 g/mol. The molecule has 0 fully saturated rings. The van der Waals surface area contributed by atoms with Crippen molar-refractivity contribution in [2.24, 2.45) is 0 Å². The van der Waals surface area contributed by atoms with Crippen LogP contribution in [-0.4, -0.2) is 27.1 Å². The van der Waals surface area contributed by atoms with Crippen LogP contribution in [0.5, 0.6) is 0 Å². The topological polar surface area (TPSA) is 55.2 Å². The van der Waals surface area contributed by atoms with Crippen LogP contribution in [0.3, 0.4) is 0 Å². The third kappa shape index (κ3) is 3.56. The summed E-state index contributed by atoms with van der Waals surface area (Å²) in [7, 11) is 0. The van der Waals surface area contributed by atoms with Crippen LogP contribution in [0.2, 0.25) is 0 Å². The molecule has 5 heteroatoms. The van der Waals surface area contributed by atoms with Crippen LogP contribution in [0.15, 0.2) is 53.5 Å². The largest absolute Gasteiger partial charge is 0.337 e. The molecule has 1 amide bonds. The Bertz CT molecular complexity index is 652. The minimum Gasteiger partial charge on any atom is -0.337 e. The summed E-state index contributed by atoms with van der Waals surface area (Å²) in [4.78, 5) is 26.0. The molecule has 0 saturated heterocycles. The van der Waals surface area contributed by atoms with Crippen molar-refractivity contribution >= 4 is 5.91 Å². The number of hydrogen-bond donors (Lipinski definition) is 0. The summed E-state index contributed by atoms with van der Waals surface area (Å²) in [5.41, 5.74) is 0.794. The smallest absolute Gasteiger partial charge is 0.267 e. The highest BCUT2D eigenvalue weighted by Gasteiger charge is 2.22. The summed E-state index contributed by atoms with van der Waals surface area (Å²) in [6.45, 7) is 4.74. The maximum atomic E-state index is 12.6. The first-order valence-corrected chi connectivity index (χ1v) is 7.00. The third-order valence-electron chi connectivity index (χ3n) is 3.38. The number of carbonyl (C=O) groups is 1. The fourth-order valence-corrected chi connectivity index (χ4v) is 2.18.